The molecular formula is C34H41IO7. The molecule has 1 aliphatic rings. The maximum atomic E-state index is 11.3. The molecule has 0 amide bonds. The zero-order valence-electron chi connectivity index (χ0n) is 24.4. The van der Waals surface area contributed by atoms with E-state index in [0.29, 0.717) is 33.0 Å². The van der Waals surface area contributed by atoms with Crippen LogP contribution in [0.4, 0.5) is 0 Å². The molecule has 5 atom stereocenters. The second-order valence-corrected chi connectivity index (χ2v) is 12.5. The quantitative estimate of drug-likeness (QED) is 0.0723. The van der Waals surface area contributed by atoms with Gasteiger partial charge in [0.15, 0.2) is 6.29 Å². The highest BCUT2D eigenvalue weighted by atomic mass is 127. The van der Waals surface area contributed by atoms with E-state index < -0.39 is 21.9 Å². The highest BCUT2D eigenvalue weighted by Gasteiger charge is 2.56. The number of rotatable bonds is 16. The van der Waals surface area contributed by atoms with Crippen molar-refractivity contribution >= 4 is 28.6 Å². The lowest BCUT2D eigenvalue weighted by Gasteiger charge is -2.51. The summed E-state index contributed by atoms with van der Waals surface area (Å²) in [6.45, 7) is 3.41. The summed E-state index contributed by atoms with van der Waals surface area (Å²) in [6, 6.07) is 30.3. The van der Waals surface area contributed by atoms with E-state index >= 15 is 0 Å². The van der Waals surface area contributed by atoms with E-state index in [9.17, 15) is 4.79 Å². The Morgan fingerprint density at radius 3 is 1.90 bits per heavy atom. The molecule has 1 fully saturated rings. The summed E-state index contributed by atoms with van der Waals surface area (Å²) in [7, 11) is 1.66. The number of ether oxygens (including phenoxy) is 6. The number of esters is 1. The smallest absolute Gasteiger partial charge is 0.302 e. The van der Waals surface area contributed by atoms with Gasteiger partial charge >= 0.3 is 5.97 Å². The third-order valence-corrected chi connectivity index (χ3v) is 8.91. The fourth-order valence-electron chi connectivity index (χ4n) is 5.13. The molecule has 0 aromatic heterocycles. The van der Waals surface area contributed by atoms with E-state index in [1.807, 2.05) is 66.7 Å². The molecule has 3 aromatic rings. The molecule has 7 nitrogen and oxygen atoms in total. The number of unbranched alkanes of at least 4 members (excludes halogenated alkanes) is 1. The Morgan fingerprint density at radius 1 is 0.810 bits per heavy atom. The summed E-state index contributed by atoms with van der Waals surface area (Å²) >= 11 is 2.45. The van der Waals surface area contributed by atoms with Crippen LogP contribution >= 0.6 is 22.6 Å². The van der Waals surface area contributed by atoms with E-state index in [1.54, 1.807) is 7.11 Å². The average molecular weight is 689 g/mol. The van der Waals surface area contributed by atoms with Gasteiger partial charge in [0.2, 0.25) is 0 Å². The van der Waals surface area contributed by atoms with Crippen molar-refractivity contribution in [1.82, 2.24) is 0 Å². The number of hydrogen-bond acceptors (Lipinski definition) is 7. The van der Waals surface area contributed by atoms with Gasteiger partial charge in [0.25, 0.3) is 0 Å². The minimum Gasteiger partial charge on any atom is -0.466 e. The Kier molecular flexibility index (Phi) is 13.2. The van der Waals surface area contributed by atoms with Gasteiger partial charge in [-0.3, -0.25) is 4.79 Å². The van der Waals surface area contributed by atoms with E-state index in [0.717, 1.165) is 36.0 Å². The lowest BCUT2D eigenvalue weighted by atomic mass is 9.86. The molecular weight excluding hydrogens is 647 g/mol. The van der Waals surface area contributed by atoms with E-state index in [4.69, 9.17) is 28.4 Å². The van der Waals surface area contributed by atoms with Gasteiger partial charge < -0.3 is 28.4 Å². The van der Waals surface area contributed by atoms with Crippen molar-refractivity contribution in [3.05, 3.63) is 108 Å². The van der Waals surface area contributed by atoms with E-state index in [2.05, 4.69) is 46.9 Å². The van der Waals surface area contributed by atoms with Crippen LogP contribution in [0.15, 0.2) is 91.0 Å². The van der Waals surface area contributed by atoms with Crippen LogP contribution in [0.25, 0.3) is 0 Å². The van der Waals surface area contributed by atoms with Crippen LogP contribution in [0.5, 0.6) is 0 Å². The first-order valence-electron chi connectivity index (χ1n) is 14.4. The predicted molar refractivity (Wildman–Crippen MR) is 169 cm³/mol. The highest BCUT2D eigenvalue weighted by molar-refractivity contribution is 14.1. The van der Waals surface area contributed by atoms with Gasteiger partial charge in [0.1, 0.15) is 21.7 Å². The van der Waals surface area contributed by atoms with Crippen molar-refractivity contribution in [2.24, 2.45) is 0 Å². The number of benzene rings is 3. The molecule has 226 valence electrons. The number of carbonyl (C=O) groups excluding carboxylic acids is 1. The largest absolute Gasteiger partial charge is 0.466 e. The molecule has 4 rings (SSSR count). The molecule has 0 N–H and O–H groups in total. The monoisotopic (exact) mass is 688 g/mol. The molecule has 0 radical (unpaired) electrons. The summed E-state index contributed by atoms with van der Waals surface area (Å²) in [5.74, 6) is -0.272. The second kappa shape index (κ2) is 17.1. The lowest BCUT2D eigenvalue weighted by Crippen LogP contribution is -2.65. The molecule has 42 heavy (non-hydrogen) atoms. The highest BCUT2D eigenvalue weighted by Crippen LogP contribution is 2.45. The standard InChI is InChI=1S/C34H41IO7/c1-26(36)39-21-13-12-20-34(35)32(41-24-29-18-10-5-11-19-29)31(40-23-28-16-8-4-9-17-28)30(42-33(34)37-2)25-38-22-27-14-6-3-7-15-27/h3-11,14-19,30-33H,12-13,20-25H2,1-2H3/t30-,31-,32+,33+,34+/m1/s1. The average Bonchev–Trinajstić information content (AvgIpc) is 3.01. The van der Waals surface area contributed by atoms with Gasteiger partial charge in [0.05, 0.1) is 33.0 Å². The van der Waals surface area contributed by atoms with Crippen molar-refractivity contribution in [3.63, 3.8) is 0 Å². The van der Waals surface area contributed by atoms with Crippen LogP contribution in [-0.2, 0) is 53.0 Å². The zero-order valence-corrected chi connectivity index (χ0v) is 26.5. The van der Waals surface area contributed by atoms with Crippen LogP contribution in [0.1, 0.15) is 42.9 Å². The van der Waals surface area contributed by atoms with Gasteiger partial charge in [-0.15, -0.1) is 0 Å². The molecule has 1 saturated heterocycles. The van der Waals surface area contributed by atoms with Crippen LogP contribution in [0.3, 0.4) is 0 Å². The van der Waals surface area contributed by atoms with Gasteiger partial charge in [-0.1, -0.05) is 114 Å². The van der Waals surface area contributed by atoms with Gasteiger partial charge in [-0.05, 0) is 36.0 Å². The Bertz CT molecular complexity index is 1180. The first-order chi connectivity index (χ1) is 20.5. The summed E-state index contributed by atoms with van der Waals surface area (Å²) < 4.78 is 36.8. The third-order valence-electron chi connectivity index (χ3n) is 7.25. The lowest BCUT2D eigenvalue weighted by molar-refractivity contribution is -0.286. The number of carbonyl (C=O) groups is 1. The SMILES string of the molecule is CO[C@H]1O[C@H](COCc2ccccc2)[C@@H](OCc2ccccc2)[C@H](OCc2ccccc2)[C@@]1(I)CCCCOC(C)=O. The van der Waals surface area contributed by atoms with Crippen molar-refractivity contribution < 1.29 is 33.2 Å². The minimum atomic E-state index is -0.575. The molecule has 0 aliphatic carbocycles. The Balaban J connectivity index is 1.58. The fourth-order valence-corrected chi connectivity index (χ4v) is 6.45. The molecule has 1 heterocycles. The van der Waals surface area contributed by atoms with Crippen LogP contribution in [0.2, 0.25) is 0 Å². The van der Waals surface area contributed by atoms with Gasteiger partial charge in [-0.25, -0.2) is 0 Å². The number of halogens is 1. The first-order valence-corrected chi connectivity index (χ1v) is 15.5. The summed E-state index contributed by atoms with van der Waals surface area (Å²) in [5.41, 5.74) is 3.23. The van der Waals surface area contributed by atoms with Crippen molar-refractivity contribution in [2.45, 2.75) is 74.0 Å². The molecule has 0 bridgehead atoms. The maximum absolute atomic E-state index is 11.3. The molecule has 0 unspecified atom stereocenters. The topological polar surface area (TPSA) is 72.5 Å². The van der Waals surface area contributed by atoms with Crippen LogP contribution < -0.4 is 0 Å². The first kappa shape index (κ1) is 32.6. The van der Waals surface area contributed by atoms with Crippen LogP contribution in [0, 0.1) is 0 Å². The Labute approximate surface area is 262 Å². The molecule has 8 heteroatoms. The van der Waals surface area contributed by atoms with Crippen molar-refractivity contribution in [1.29, 1.82) is 0 Å². The minimum absolute atomic E-state index is 0.272. The predicted octanol–water partition coefficient (Wildman–Crippen LogP) is 6.65. The molecule has 3 aromatic carbocycles. The van der Waals surface area contributed by atoms with Gasteiger partial charge in [-0.2, -0.15) is 0 Å². The summed E-state index contributed by atoms with van der Waals surface area (Å²) in [4.78, 5) is 11.3. The third kappa shape index (κ3) is 9.59. The zero-order chi connectivity index (χ0) is 29.6. The van der Waals surface area contributed by atoms with E-state index in [1.165, 1.54) is 6.92 Å². The fraction of sp³-hybridized carbons (Fsp3) is 0.441. The Hall–Kier alpha value is -2.34. The molecule has 0 saturated carbocycles. The molecule has 1 aliphatic heterocycles. The number of hydrogen-bond donors (Lipinski definition) is 0. The number of alkyl halides is 1. The van der Waals surface area contributed by atoms with E-state index in [-0.39, 0.29) is 12.1 Å². The van der Waals surface area contributed by atoms with Crippen molar-refractivity contribution in [2.75, 3.05) is 20.3 Å². The summed E-state index contributed by atoms with van der Waals surface area (Å²) in [6.07, 6.45) is 0.453. The number of methoxy groups -OCH3 is 1. The molecule has 0 spiro atoms. The second-order valence-electron chi connectivity index (χ2n) is 10.4. The van der Waals surface area contributed by atoms with Gasteiger partial charge in [0, 0.05) is 14.0 Å². The Morgan fingerprint density at radius 2 is 1.36 bits per heavy atom. The van der Waals surface area contributed by atoms with Crippen LogP contribution in [-0.4, -0.2) is 54.3 Å². The normalized spacial score (nSPS) is 23.9. The maximum Gasteiger partial charge on any atom is 0.302 e. The summed E-state index contributed by atoms with van der Waals surface area (Å²) in [5, 5.41) is 0. The van der Waals surface area contributed by atoms with Crippen molar-refractivity contribution in [3.8, 4) is 0 Å².